The normalized spacial score (nSPS) is 16.1. The summed E-state index contributed by atoms with van der Waals surface area (Å²) >= 11 is 4.88. The second kappa shape index (κ2) is 5.06. The highest BCUT2D eigenvalue weighted by molar-refractivity contribution is 7.80. The third-order valence-electron chi connectivity index (χ3n) is 3.42. The van der Waals surface area contributed by atoms with Crippen LogP contribution in [-0.4, -0.2) is 17.4 Å². The van der Waals surface area contributed by atoms with Crippen LogP contribution in [0.2, 0.25) is 0 Å². The molecule has 3 N–H and O–H groups in total. The molecular formula is C14H18N2OS. The van der Waals surface area contributed by atoms with E-state index in [2.05, 4.69) is 12.2 Å². The zero-order valence-corrected chi connectivity index (χ0v) is 11.3. The van der Waals surface area contributed by atoms with Crippen LogP contribution >= 0.6 is 12.2 Å². The molecule has 0 bridgehead atoms. The van der Waals surface area contributed by atoms with Gasteiger partial charge in [0.05, 0.1) is 6.42 Å². The molecule has 0 atom stereocenters. The first kappa shape index (κ1) is 13.0. The van der Waals surface area contributed by atoms with Gasteiger partial charge in [-0.2, -0.15) is 0 Å². The Labute approximate surface area is 113 Å². The first-order valence-electron chi connectivity index (χ1n) is 6.14. The fraction of sp³-hybridized carbons (Fsp3) is 0.429. The molecule has 3 nitrogen and oxygen atoms in total. The van der Waals surface area contributed by atoms with Crippen molar-refractivity contribution in [2.24, 2.45) is 11.1 Å². The van der Waals surface area contributed by atoms with Gasteiger partial charge in [-0.25, -0.2) is 0 Å². The molecule has 0 spiro atoms. The van der Waals surface area contributed by atoms with Crippen molar-refractivity contribution >= 4 is 23.1 Å². The van der Waals surface area contributed by atoms with Crippen LogP contribution < -0.4 is 11.1 Å². The molecule has 0 heterocycles. The highest BCUT2D eigenvalue weighted by Gasteiger charge is 2.37. The van der Waals surface area contributed by atoms with Crippen LogP contribution in [0.1, 0.15) is 30.9 Å². The van der Waals surface area contributed by atoms with E-state index in [9.17, 15) is 4.79 Å². The van der Waals surface area contributed by atoms with Gasteiger partial charge in [-0.15, -0.1) is 0 Å². The number of hydrogen-bond donors (Lipinski definition) is 2. The van der Waals surface area contributed by atoms with E-state index in [4.69, 9.17) is 18.0 Å². The molecule has 2 rings (SSSR count). The minimum Gasteiger partial charge on any atom is -0.389 e. The summed E-state index contributed by atoms with van der Waals surface area (Å²) in [6.45, 7) is 2.99. The topological polar surface area (TPSA) is 55.1 Å². The molecule has 1 fully saturated rings. The first-order valence-corrected chi connectivity index (χ1v) is 6.55. The maximum atomic E-state index is 11.7. The summed E-state index contributed by atoms with van der Waals surface area (Å²) in [5.41, 5.74) is 7.69. The number of nitrogens with one attached hydrogen (secondary N) is 1. The standard InChI is InChI=1S/C14H18N2OS/c1-14(6-7-14)9-16-12(17)8-10-2-4-11(5-3-10)13(15)18/h2-5H,6-9H2,1H3,(H2,15,18)(H,16,17). The zero-order chi connectivity index (χ0) is 13.2. The smallest absolute Gasteiger partial charge is 0.224 e. The number of thiocarbonyl (C=S) groups is 1. The quantitative estimate of drug-likeness (QED) is 0.795. The van der Waals surface area contributed by atoms with Crippen LogP contribution in [0.3, 0.4) is 0 Å². The largest absolute Gasteiger partial charge is 0.389 e. The van der Waals surface area contributed by atoms with E-state index in [-0.39, 0.29) is 5.91 Å². The number of benzene rings is 1. The third-order valence-corrected chi connectivity index (χ3v) is 3.65. The van der Waals surface area contributed by atoms with Crippen molar-refractivity contribution in [1.29, 1.82) is 0 Å². The molecular weight excluding hydrogens is 244 g/mol. The third kappa shape index (κ3) is 3.53. The van der Waals surface area contributed by atoms with Gasteiger partial charge in [0.25, 0.3) is 0 Å². The molecule has 0 aliphatic heterocycles. The molecule has 1 aliphatic rings. The lowest BCUT2D eigenvalue weighted by Gasteiger charge is -2.10. The van der Waals surface area contributed by atoms with Crippen LogP contribution in [0, 0.1) is 5.41 Å². The summed E-state index contributed by atoms with van der Waals surface area (Å²) in [5.74, 6) is 0.0752. The molecule has 1 amide bonds. The van der Waals surface area contributed by atoms with Gasteiger partial charge in [0, 0.05) is 12.1 Å². The lowest BCUT2D eigenvalue weighted by molar-refractivity contribution is -0.120. The van der Waals surface area contributed by atoms with Crippen molar-refractivity contribution in [3.05, 3.63) is 35.4 Å². The Morgan fingerprint density at radius 2 is 2.00 bits per heavy atom. The van der Waals surface area contributed by atoms with Gasteiger partial charge in [-0.1, -0.05) is 43.4 Å². The molecule has 0 unspecified atom stereocenters. The van der Waals surface area contributed by atoms with Crippen molar-refractivity contribution in [2.45, 2.75) is 26.2 Å². The summed E-state index contributed by atoms with van der Waals surface area (Å²) in [4.78, 5) is 12.1. The van der Waals surface area contributed by atoms with E-state index < -0.39 is 0 Å². The average Bonchev–Trinajstić information content (AvgIpc) is 3.06. The Hall–Kier alpha value is -1.42. The van der Waals surface area contributed by atoms with Crippen molar-refractivity contribution in [3.8, 4) is 0 Å². The van der Waals surface area contributed by atoms with Crippen molar-refractivity contribution in [1.82, 2.24) is 5.32 Å². The van der Waals surface area contributed by atoms with Crippen molar-refractivity contribution in [2.75, 3.05) is 6.54 Å². The SMILES string of the molecule is CC1(CNC(=O)Cc2ccc(C(N)=S)cc2)CC1. The van der Waals surface area contributed by atoms with Crippen LogP contribution in [-0.2, 0) is 11.2 Å². The lowest BCUT2D eigenvalue weighted by Crippen LogP contribution is -2.30. The Morgan fingerprint density at radius 1 is 1.39 bits per heavy atom. The number of amides is 1. The molecule has 0 radical (unpaired) electrons. The lowest BCUT2D eigenvalue weighted by atomic mass is 10.1. The summed E-state index contributed by atoms with van der Waals surface area (Å²) in [6, 6.07) is 7.50. The minimum absolute atomic E-state index is 0.0752. The molecule has 18 heavy (non-hydrogen) atoms. The molecule has 0 saturated heterocycles. The summed E-state index contributed by atoms with van der Waals surface area (Å²) in [6.07, 6.45) is 2.85. The number of carbonyl (C=O) groups is 1. The van der Waals surface area contributed by atoms with Crippen molar-refractivity contribution in [3.63, 3.8) is 0 Å². The Kier molecular flexibility index (Phi) is 3.66. The van der Waals surface area contributed by atoms with Crippen LogP contribution in [0.25, 0.3) is 0 Å². The molecule has 1 aromatic rings. The van der Waals surface area contributed by atoms with E-state index in [0.717, 1.165) is 17.7 Å². The highest BCUT2D eigenvalue weighted by atomic mass is 32.1. The minimum atomic E-state index is 0.0752. The predicted molar refractivity (Wildman–Crippen MR) is 76.4 cm³/mol. The Morgan fingerprint density at radius 3 is 2.50 bits per heavy atom. The van der Waals surface area contributed by atoms with E-state index in [1.54, 1.807) is 0 Å². The molecule has 4 heteroatoms. The van der Waals surface area contributed by atoms with Crippen molar-refractivity contribution < 1.29 is 4.79 Å². The van der Waals surface area contributed by atoms with Gasteiger partial charge in [0.15, 0.2) is 0 Å². The second-order valence-corrected chi connectivity index (χ2v) is 5.77. The van der Waals surface area contributed by atoms with E-state index in [1.807, 2.05) is 24.3 Å². The highest BCUT2D eigenvalue weighted by Crippen LogP contribution is 2.43. The van der Waals surface area contributed by atoms with Crippen LogP contribution in [0.5, 0.6) is 0 Å². The monoisotopic (exact) mass is 262 g/mol. The predicted octanol–water partition coefficient (Wildman–Crippen LogP) is 1.78. The molecule has 1 aliphatic carbocycles. The molecule has 1 saturated carbocycles. The first-order chi connectivity index (χ1) is 8.48. The fourth-order valence-electron chi connectivity index (χ4n) is 1.74. The fourth-order valence-corrected chi connectivity index (χ4v) is 1.87. The number of carbonyl (C=O) groups excluding carboxylic acids is 1. The molecule has 0 aromatic heterocycles. The number of hydrogen-bond acceptors (Lipinski definition) is 2. The van der Waals surface area contributed by atoms with Gasteiger partial charge in [-0.05, 0) is 23.8 Å². The Balaban J connectivity index is 1.84. The average molecular weight is 262 g/mol. The molecule has 1 aromatic carbocycles. The number of nitrogens with two attached hydrogens (primary N) is 1. The number of rotatable bonds is 5. The van der Waals surface area contributed by atoms with Gasteiger partial charge < -0.3 is 11.1 Å². The van der Waals surface area contributed by atoms with Gasteiger partial charge >= 0.3 is 0 Å². The summed E-state index contributed by atoms with van der Waals surface area (Å²) in [7, 11) is 0. The Bertz CT molecular complexity index is 463. The molecule has 96 valence electrons. The van der Waals surface area contributed by atoms with E-state index in [1.165, 1.54) is 12.8 Å². The van der Waals surface area contributed by atoms with Gasteiger partial charge in [0.1, 0.15) is 4.99 Å². The maximum Gasteiger partial charge on any atom is 0.224 e. The summed E-state index contributed by atoms with van der Waals surface area (Å²) < 4.78 is 0. The van der Waals surface area contributed by atoms with E-state index in [0.29, 0.717) is 16.8 Å². The zero-order valence-electron chi connectivity index (χ0n) is 10.5. The van der Waals surface area contributed by atoms with Crippen LogP contribution in [0.4, 0.5) is 0 Å². The summed E-state index contributed by atoms with van der Waals surface area (Å²) in [5, 5.41) is 2.98. The van der Waals surface area contributed by atoms with Crippen LogP contribution in [0.15, 0.2) is 24.3 Å². The van der Waals surface area contributed by atoms with Gasteiger partial charge in [0.2, 0.25) is 5.91 Å². The second-order valence-electron chi connectivity index (χ2n) is 5.33. The van der Waals surface area contributed by atoms with Gasteiger partial charge in [-0.3, -0.25) is 4.79 Å². The van der Waals surface area contributed by atoms with E-state index >= 15 is 0 Å². The maximum absolute atomic E-state index is 11.7.